The van der Waals surface area contributed by atoms with Gasteiger partial charge in [0.1, 0.15) is 11.3 Å². The van der Waals surface area contributed by atoms with E-state index in [1.54, 1.807) is 6.20 Å². The van der Waals surface area contributed by atoms with E-state index in [0.717, 1.165) is 29.1 Å². The fourth-order valence-corrected chi connectivity index (χ4v) is 2.79. The van der Waals surface area contributed by atoms with Crippen molar-refractivity contribution < 1.29 is 0 Å². The van der Waals surface area contributed by atoms with Crippen molar-refractivity contribution in [1.82, 2.24) is 14.5 Å². The number of imidazole rings is 1. The molecule has 0 saturated carbocycles. The van der Waals surface area contributed by atoms with Gasteiger partial charge >= 0.3 is 0 Å². The molecule has 3 nitrogen and oxygen atoms in total. The van der Waals surface area contributed by atoms with E-state index < -0.39 is 0 Å². The second-order valence-electron chi connectivity index (χ2n) is 4.13. The normalized spacial score (nSPS) is 11.1. The Balaban J connectivity index is 2.28. The van der Waals surface area contributed by atoms with Gasteiger partial charge in [0.2, 0.25) is 0 Å². The van der Waals surface area contributed by atoms with Gasteiger partial charge in [0.05, 0.1) is 0 Å². The van der Waals surface area contributed by atoms with Crippen molar-refractivity contribution in [3.05, 3.63) is 52.0 Å². The van der Waals surface area contributed by atoms with Gasteiger partial charge in [-0.1, -0.05) is 6.07 Å². The van der Waals surface area contributed by atoms with Gasteiger partial charge in [0.15, 0.2) is 5.65 Å². The molecule has 0 bridgehead atoms. The third kappa shape index (κ3) is 2.47. The summed E-state index contributed by atoms with van der Waals surface area (Å²) in [4.78, 5) is 9.07. The monoisotopic (exact) mass is 383 g/mol. The summed E-state index contributed by atoms with van der Waals surface area (Å²) in [6.07, 6.45) is 2.52. The van der Waals surface area contributed by atoms with Gasteiger partial charge in [-0.05, 0) is 52.9 Å². The van der Waals surface area contributed by atoms with Crippen LogP contribution in [0.3, 0.4) is 0 Å². The maximum absolute atomic E-state index is 5.88. The van der Waals surface area contributed by atoms with Crippen LogP contribution in [0.25, 0.3) is 16.9 Å². The molecule has 0 amide bonds. The van der Waals surface area contributed by atoms with Gasteiger partial charge < -0.3 is 0 Å². The molecule has 0 spiro atoms. The fraction of sp³-hybridized carbons (Fsp3) is 0.143. The molecule has 2 heterocycles. The molecule has 5 heteroatoms. The molecule has 19 heavy (non-hydrogen) atoms. The van der Waals surface area contributed by atoms with Crippen molar-refractivity contribution in [1.29, 1.82) is 0 Å². The summed E-state index contributed by atoms with van der Waals surface area (Å²) in [6, 6.07) is 12.2. The Hall–Kier alpha value is -1.14. The van der Waals surface area contributed by atoms with E-state index in [2.05, 4.69) is 55.3 Å². The molecule has 0 N–H and O–H groups in total. The Morgan fingerprint density at radius 3 is 2.89 bits per heavy atom. The van der Waals surface area contributed by atoms with Crippen molar-refractivity contribution in [3.63, 3.8) is 0 Å². The van der Waals surface area contributed by atoms with Crippen LogP contribution in [0.2, 0.25) is 0 Å². The van der Waals surface area contributed by atoms with Crippen LogP contribution < -0.4 is 0 Å². The number of alkyl halides is 1. The number of rotatable bonds is 3. The Kier molecular flexibility index (Phi) is 3.70. The topological polar surface area (TPSA) is 30.7 Å². The van der Waals surface area contributed by atoms with E-state index in [-0.39, 0.29) is 0 Å². The first-order chi connectivity index (χ1) is 9.29. The van der Waals surface area contributed by atoms with E-state index in [1.807, 2.05) is 18.2 Å². The summed E-state index contributed by atoms with van der Waals surface area (Å²) in [5.41, 5.74) is 2.86. The van der Waals surface area contributed by atoms with Crippen LogP contribution in [-0.4, -0.2) is 20.4 Å². The smallest absolute Gasteiger partial charge is 0.164 e. The zero-order valence-corrected chi connectivity index (χ0v) is 13.0. The lowest BCUT2D eigenvalue weighted by molar-refractivity contribution is 0.905. The number of aryl methyl sites for hydroxylation is 1. The van der Waals surface area contributed by atoms with Gasteiger partial charge in [-0.3, -0.25) is 4.57 Å². The molecule has 1 aromatic carbocycles. The van der Waals surface area contributed by atoms with E-state index in [9.17, 15) is 0 Å². The van der Waals surface area contributed by atoms with Crippen LogP contribution >= 0.6 is 34.2 Å². The van der Waals surface area contributed by atoms with Gasteiger partial charge in [0.25, 0.3) is 0 Å². The standard InChI is InChI=1S/C14H11ClIN3/c15-7-6-13-18-12-5-2-8-17-14(12)19(13)11-4-1-3-10(16)9-11/h1-5,8-9H,6-7H2. The number of pyridine rings is 1. The number of benzene rings is 1. The molecule has 96 valence electrons. The van der Waals surface area contributed by atoms with Crippen molar-refractivity contribution in [2.24, 2.45) is 0 Å². The quantitative estimate of drug-likeness (QED) is 0.509. The van der Waals surface area contributed by atoms with E-state index in [0.29, 0.717) is 5.88 Å². The molecule has 3 aromatic rings. The SMILES string of the molecule is ClCCc1nc2cccnc2n1-c1cccc(I)c1. The van der Waals surface area contributed by atoms with Crippen molar-refractivity contribution >= 4 is 45.4 Å². The van der Waals surface area contributed by atoms with Gasteiger partial charge in [-0.2, -0.15) is 0 Å². The molecule has 0 saturated heterocycles. The predicted molar refractivity (Wildman–Crippen MR) is 86.0 cm³/mol. The number of hydrogen-bond donors (Lipinski definition) is 0. The molecule has 0 aliphatic carbocycles. The molecule has 0 radical (unpaired) electrons. The van der Waals surface area contributed by atoms with Crippen molar-refractivity contribution in [2.75, 3.05) is 5.88 Å². The Bertz CT molecular complexity index is 724. The largest absolute Gasteiger partial charge is 0.281 e. The first-order valence-corrected chi connectivity index (χ1v) is 7.55. The van der Waals surface area contributed by atoms with Gasteiger partial charge in [-0.15, -0.1) is 11.6 Å². The molecule has 0 aliphatic rings. The zero-order chi connectivity index (χ0) is 13.2. The van der Waals surface area contributed by atoms with Crippen LogP contribution in [0, 0.1) is 3.57 Å². The van der Waals surface area contributed by atoms with E-state index in [4.69, 9.17) is 11.6 Å². The van der Waals surface area contributed by atoms with Gasteiger partial charge in [-0.25, -0.2) is 9.97 Å². The molecule has 0 fully saturated rings. The highest BCUT2D eigenvalue weighted by Gasteiger charge is 2.12. The Morgan fingerprint density at radius 2 is 2.11 bits per heavy atom. The van der Waals surface area contributed by atoms with Crippen LogP contribution in [0.1, 0.15) is 5.82 Å². The third-order valence-corrected chi connectivity index (χ3v) is 3.73. The van der Waals surface area contributed by atoms with Crippen LogP contribution in [0.5, 0.6) is 0 Å². The Morgan fingerprint density at radius 1 is 1.21 bits per heavy atom. The minimum atomic E-state index is 0.549. The fourth-order valence-electron chi connectivity index (χ4n) is 2.10. The lowest BCUT2D eigenvalue weighted by Gasteiger charge is -2.08. The van der Waals surface area contributed by atoms with Crippen LogP contribution in [0.4, 0.5) is 0 Å². The summed E-state index contributed by atoms with van der Waals surface area (Å²) in [7, 11) is 0. The maximum Gasteiger partial charge on any atom is 0.164 e. The molecule has 2 aromatic heterocycles. The Labute approximate surface area is 129 Å². The summed E-state index contributed by atoms with van der Waals surface area (Å²) in [6.45, 7) is 0. The van der Waals surface area contributed by atoms with E-state index >= 15 is 0 Å². The van der Waals surface area contributed by atoms with E-state index in [1.165, 1.54) is 3.57 Å². The second kappa shape index (κ2) is 5.46. The highest BCUT2D eigenvalue weighted by atomic mass is 127. The first-order valence-electron chi connectivity index (χ1n) is 5.94. The first kappa shape index (κ1) is 12.9. The summed E-state index contributed by atoms with van der Waals surface area (Å²) < 4.78 is 3.27. The molecular weight excluding hydrogens is 373 g/mol. The number of nitrogens with zero attached hydrogens (tertiary/aromatic N) is 3. The number of halogens is 2. The molecule has 3 rings (SSSR count). The third-order valence-electron chi connectivity index (χ3n) is 2.87. The molecule has 0 atom stereocenters. The zero-order valence-electron chi connectivity index (χ0n) is 10.1. The summed E-state index contributed by atoms with van der Waals surface area (Å²) in [5, 5.41) is 0. The summed E-state index contributed by atoms with van der Waals surface area (Å²) in [5.74, 6) is 1.50. The highest BCUT2D eigenvalue weighted by molar-refractivity contribution is 14.1. The molecule has 0 aliphatic heterocycles. The second-order valence-corrected chi connectivity index (χ2v) is 5.75. The average Bonchev–Trinajstić information content (AvgIpc) is 2.77. The lowest BCUT2D eigenvalue weighted by atomic mass is 10.3. The van der Waals surface area contributed by atoms with Crippen LogP contribution in [0.15, 0.2) is 42.6 Å². The van der Waals surface area contributed by atoms with Crippen molar-refractivity contribution in [3.8, 4) is 5.69 Å². The summed E-state index contributed by atoms with van der Waals surface area (Å²) >= 11 is 8.19. The highest BCUT2D eigenvalue weighted by Crippen LogP contribution is 2.21. The maximum atomic E-state index is 5.88. The minimum Gasteiger partial charge on any atom is -0.281 e. The van der Waals surface area contributed by atoms with Gasteiger partial charge in [0, 0.05) is 27.8 Å². The van der Waals surface area contributed by atoms with Crippen molar-refractivity contribution in [2.45, 2.75) is 6.42 Å². The number of aromatic nitrogens is 3. The van der Waals surface area contributed by atoms with Crippen LogP contribution in [-0.2, 0) is 6.42 Å². The number of fused-ring (bicyclic) bond motifs is 1. The minimum absolute atomic E-state index is 0.549. The molecule has 0 unspecified atom stereocenters. The predicted octanol–water partition coefficient (Wildman–Crippen LogP) is 3.81. The number of hydrogen-bond acceptors (Lipinski definition) is 2. The average molecular weight is 384 g/mol. The molecular formula is C14H11ClIN3. The lowest BCUT2D eigenvalue weighted by Crippen LogP contribution is -2.03.